The number of piperazine rings is 1. The maximum Gasteiger partial charge on any atom is 0.260 e. The van der Waals surface area contributed by atoms with Gasteiger partial charge >= 0.3 is 0 Å². The number of fused-ring (bicyclic) bond motifs is 5. The molecule has 2 aliphatic heterocycles. The van der Waals surface area contributed by atoms with Gasteiger partial charge in [0.2, 0.25) is 0 Å². The molecule has 1 saturated heterocycles. The molecule has 1 atom stereocenters. The van der Waals surface area contributed by atoms with E-state index in [1.54, 1.807) is 18.5 Å². The molecule has 178 valence electrons. The third-order valence-corrected chi connectivity index (χ3v) is 6.43. The van der Waals surface area contributed by atoms with Crippen LogP contribution in [-0.2, 0) is 0 Å². The molecule has 10 heteroatoms. The number of anilines is 2. The molecule has 2 aliphatic rings. The molecular formula is C24H28FN7O2. The molecule has 0 saturated carbocycles. The Hall–Kier alpha value is -3.53. The van der Waals surface area contributed by atoms with Crippen molar-refractivity contribution >= 4 is 17.4 Å². The fourth-order valence-corrected chi connectivity index (χ4v) is 4.39. The van der Waals surface area contributed by atoms with Gasteiger partial charge in [-0.15, -0.1) is 10.2 Å². The Morgan fingerprint density at radius 2 is 2.00 bits per heavy atom. The lowest BCUT2D eigenvalue weighted by atomic mass is 10.1. The molecule has 9 nitrogen and oxygen atoms in total. The molecule has 34 heavy (non-hydrogen) atoms. The average molecular weight is 466 g/mol. The number of amides is 1. The van der Waals surface area contributed by atoms with Crippen LogP contribution in [0.15, 0.2) is 36.7 Å². The zero-order chi connectivity index (χ0) is 23.7. The smallest absolute Gasteiger partial charge is 0.260 e. The summed E-state index contributed by atoms with van der Waals surface area (Å²) < 4.78 is 23.0. The second kappa shape index (κ2) is 9.38. The van der Waals surface area contributed by atoms with Crippen LogP contribution in [0.1, 0.15) is 36.2 Å². The lowest BCUT2D eigenvalue weighted by molar-refractivity contribution is 0.102. The van der Waals surface area contributed by atoms with Crippen LogP contribution in [0.25, 0.3) is 11.5 Å². The summed E-state index contributed by atoms with van der Waals surface area (Å²) in [5.74, 6) is 0.458. The van der Waals surface area contributed by atoms with Gasteiger partial charge < -0.3 is 24.4 Å². The van der Waals surface area contributed by atoms with Crippen molar-refractivity contribution in [3.05, 3.63) is 48.0 Å². The second-order valence-electron chi connectivity index (χ2n) is 8.85. The summed E-state index contributed by atoms with van der Waals surface area (Å²) in [4.78, 5) is 22.1. The molecule has 4 heterocycles. The number of aromatic nitrogens is 4. The molecule has 1 amide bonds. The molecule has 0 radical (unpaired) electrons. The third kappa shape index (κ3) is 4.45. The Kier molecular flexibility index (Phi) is 6.14. The van der Waals surface area contributed by atoms with E-state index >= 15 is 4.39 Å². The minimum atomic E-state index is -0.401. The number of carbonyl (C=O) groups excluding carboxylic acids is 1. The van der Waals surface area contributed by atoms with Gasteiger partial charge in [-0.3, -0.25) is 4.79 Å². The van der Waals surface area contributed by atoms with E-state index < -0.39 is 5.91 Å². The predicted molar refractivity (Wildman–Crippen MR) is 127 cm³/mol. The van der Waals surface area contributed by atoms with E-state index in [-0.39, 0.29) is 23.2 Å². The van der Waals surface area contributed by atoms with E-state index in [0.717, 1.165) is 25.9 Å². The van der Waals surface area contributed by atoms with Crippen LogP contribution < -0.4 is 15.0 Å². The lowest BCUT2D eigenvalue weighted by Gasteiger charge is -2.34. The van der Waals surface area contributed by atoms with Gasteiger partial charge in [0.05, 0.1) is 17.9 Å². The van der Waals surface area contributed by atoms with E-state index in [1.165, 1.54) is 6.07 Å². The maximum atomic E-state index is 15.1. The van der Waals surface area contributed by atoms with Gasteiger partial charge in [-0.05, 0) is 45.0 Å². The van der Waals surface area contributed by atoms with Gasteiger partial charge in [-0.1, -0.05) is 6.07 Å². The molecule has 5 rings (SSSR count). The van der Waals surface area contributed by atoms with Gasteiger partial charge in [-0.25, -0.2) is 9.37 Å². The van der Waals surface area contributed by atoms with E-state index in [1.807, 2.05) is 28.6 Å². The number of likely N-dealkylation sites (N-methyl/N-ethyl adjacent to an activating group) is 1. The van der Waals surface area contributed by atoms with Crippen LogP contribution in [0, 0.1) is 5.82 Å². The second-order valence-corrected chi connectivity index (χ2v) is 8.85. The molecule has 0 spiro atoms. The zero-order valence-electron chi connectivity index (χ0n) is 19.4. The van der Waals surface area contributed by atoms with Crippen LogP contribution in [-0.4, -0.2) is 70.4 Å². The summed E-state index contributed by atoms with van der Waals surface area (Å²) in [6, 6.07) is 8.41. The van der Waals surface area contributed by atoms with E-state index in [9.17, 15) is 4.79 Å². The number of pyridine rings is 1. The molecule has 2 bridgehead atoms. The number of rotatable bonds is 1. The Labute approximate surface area is 197 Å². The zero-order valence-corrected chi connectivity index (χ0v) is 19.4. The standard InChI is InChI=1S/C24H28FN7O2/c1-16-5-4-12-34-21-14-18(25)20(31-10-8-30(2)9-11-31)13-17(21)24(33)28-22-7-3-6-19(27-22)23-29-26-15-32(16)23/h3,6-7,13-16H,4-5,8-12H2,1-2H3,(H,27,28,33)/t16-/m0/s1. The quantitative estimate of drug-likeness (QED) is 0.590. The SMILES string of the molecule is C[C@H]1CCCOc2cc(F)c(N3CCN(C)CC3)cc2C(=O)Nc2cccc(n2)-c2nncn21. The van der Waals surface area contributed by atoms with Gasteiger partial charge in [-0.2, -0.15) is 0 Å². The Balaban J connectivity index is 1.52. The first-order chi connectivity index (χ1) is 16.5. The largest absolute Gasteiger partial charge is 0.493 e. The Bertz CT molecular complexity index is 1190. The molecule has 2 aromatic heterocycles. The summed E-state index contributed by atoms with van der Waals surface area (Å²) >= 11 is 0. The van der Waals surface area contributed by atoms with Gasteiger partial charge in [0.25, 0.3) is 5.91 Å². The number of halogens is 1. The average Bonchev–Trinajstić information content (AvgIpc) is 3.32. The summed E-state index contributed by atoms with van der Waals surface area (Å²) in [6.45, 7) is 5.49. The molecule has 0 unspecified atom stereocenters. The maximum absolute atomic E-state index is 15.1. The van der Waals surface area contributed by atoms with Crippen LogP contribution in [0.5, 0.6) is 5.75 Å². The molecular weight excluding hydrogens is 437 g/mol. The van der Waals surface area contributed by atoms with Gasteiger partial charge in [0, 0.05) is 38.3 Å². The fourth-order valence-electron chi connectivity index (χ4n) is 4.39. The van der Waals surface area contributed by atoms with Crippen LogP contribution >= 0.6 is 0 Å². The number of benzene rings is 1. The number of carbonyl (C=O) groups is 1. The monoisotopic (exact) mass is 465 g/mol. The fraction of sp³-hybridized carbons (Fsp3) is 0.417. The molecule has 1 fully saturated rings. The number of hydrogen-bond donors (Lipinski definition) is 1. The Morgan fingerprint density at radius 3 is 2.82 bits per heavy atom. The number of nitrogens with one attached hydrogen (secondary N) is 1. The van der Waals surface area contributed by atoms with Crippen LogP contribution in [0.4, 0.5) is 15.9 Å². The first-order valence-electron chi connectivity index (χ1n) is 11.6. The highest BCUT2D eigenvalue weighted by molar-refractivity contribution is 6.06. The summed E-state index contributed by atoms with van der Waals surface area (Å²) in [5.41, 5.74) is 1.32. The minimum absolute atomic E-state index is 0.118. The van der Waals surface area contributed by atoms with Crippen LogP contribution in [0.2, 0.25) is 0 Å². The summed E-state index contributed by atoms with van der Waals surface area (Å²) in [5, 5.41) is 11.1. The van der Waals surface area contributed by atoms with Crippen molar-refractivity contribution in [1.82, 2.24) is 24.6 Å². The van der Waals surface area contributed by atoms with E-state index in [2.05, 4.69) is 32.3 Å². The van der Waals surface area contributed by atoms with Crippen molar-refractivity contribution in [3.63, 3.8) is 0 Å². The lowest BCUT2D eigenvalue weighted by Crippen LogP contribution is -2.44. The van der Waals surface area contributed by atoms with Crippen molar-refractivity contribution in [2.75, 3.05) is 50.1 Å². The van der Waals surface area contributed by atoms with Crippen molar-refractivity contribution in [1.29, 1.82) is 0 Å². The number of hydrogen-bond acceptors (Lipinski definition) is 7. The normalized spacial score (nSPS) is 19.4. The molecule has 1 aromatic carbocycles. The first kappa shape index (κ1) is 22.3. The van der Waals surface area contributed by atoms with E-state index in [0.29, 0.717) is 42.7 Å². The highest BCUT2D eigenvalue weighted by Gasteiger charge is 2.24. The molecule has 0 aliphatic carbocycles. The van der Waals surface area contributed by atoms with Gasteiger partial charge in [0.15, 0.2) is 5.82 Å². The Morgan fingerprint density at radius 1 is 1.18 bits per heavy atom. The molecule has 1 N–H and O–H groups in total. The highest BCUT2D eigenvalue weighted by atomic mass is 19.1. The minimum Gasteiger partial charge on any atom is -0.493 e. The summed E-state index contributed by atoms with van der Waals surface area (Å²) in [7, 11) is 2.04. The number of ether oxygens (including phenoxy) is 1. The van der Waals surface area contributed by atoms with Crippen molar-refractivity contribution in [2.24, 2.45) is 0 Å². The van der Waals surface area contributed by atoms with Crippen LogP contribution in [0.3, 0.4) is 0 Å². The van der Waals surface area contributed by atoms with Gasteiger partial charge in [0.1, 0.15) is 29.4 Å². The molecule has 3 aromatic rings. The predicted octanol–water partition coefficient (Wildman–Crippen LogP) is 3.22. The van der Waals surface area contributed by atoms with Crippen molar-refractivity contribution in [3.8, 4) is 17.3 Å². The first-order valence-corrected chi connectivity index (χ1v) is 11.6. The topological polar surface area (TPSA) is 88.4 Å². The van der Waals surface area contributed by atoms with E-state index in [4.69, 9.17) is 4.74 Å². The highest BCUT2D eigenvalue weighted by Crippen LogP contribution is 2.31. The van der Waals surface area contributed by atoms with Crippen molar-refractivity contribution < 1.29 is 13.9 Å². The third-order valence-electron chi connectivity index (χ3n) is 6.43. The summed E-state index contributed by atoms with van der Waals surface area (Å²) in [6.07, 6.45) is 3.20. The number of nitrogens with zero attached hydrogens (tertiary/aromatic N) is 6. The van der Waals surface area contributed by atoms with Crippen molar-refractivity contribution in [2.45, 2.75) is 25.8 Å².